The summed E-state index contributed by atoms with van der Waals surface area (Å²) in [7, 11) is 0. The van der Waals surface area contributed by atoms with Gasteiger partial charge in [-0.05, 0) is 19.3 Å². The van der Waals surface area contributed by atoms with Crippen LogP contribution in [0.25, 0.3) is 0 Å². The Labute approximate surface area is 120 Å². The first kappa shape index (κ1) is 16.9. The van der Waals surface area contributed by atoms with Crippen molar-refractivity contribution >= 4 is 23.8 Å². The minimum Gasteiger partial charge on any atom is -0.480 e. The molecule has 9 nitrogen and oxygen atoms in total. The second kappa shape index (κ2) is 7.58. The summed E-state index contributed by atoms with van der Waals surface area (Å²) < 4.78 is 0. The molecule has 0 aromatic carbocycles. The van der Waals surface area contributed by atoms with Crippen LogP contribution in [0.2, 0.25) is 0 Å². The van der Waals surface area contributed by atoms with E-state index < -0.39 is 42.4 Å². The maximum Gasteiger partial charge on any atom is 0.326 e. The van der Waals surface area contributed by atoms with E-state index in [4.69, 9.17) is 15.3 Å². The van der Waals surface area contributed by atoms with Gasteiger partial charge in [-0.15, -0.1) is 0 Å². The number of aliphatic carboxylic acids is 2. The highest BCUT2D eigenvalue weighted by molar-refractivity contribution is 6.35. The highest BCUT2D eigenvalue weighted by atomic mass is 16.4. The van der Waals surface area contributed by atoms with Gasteiger partial charge in [-0.2, -0.15) is 0 Å². The van der Waals surface area contributed by atoms with E-state index in [2.05, 4.69) is 0 Å². The summed E-state index contributed by atoms with van der Waals surface area (Å²) in [4.78, 5) is 46.6. The second-order valence-corrected chi connectivity index (χ2v) is 4.72. The zero-order chi connectivity index (χ0) is 16.0. The van der Waals surface area contributed by atoms with Crippen molar-refractivity contribution in [3.8, 4) is 0 Å². The van der Waals surface area contributed by atoms with Gasteiger partial charge in [0.05, 0.1) is 0 Å². The van der Waals surface area contributed by atoms with E-state index >= 15 is 0 Å². The standard InChI is InChI=1S/C12H18N2O7/c15-6-4-7(11(18)19)13-9(16)10(17)14-5-2-1-3-8(14)12(20)21/h7-8,15H,1-6H2,(H,13,16)(H,18,19)(H,20,21)/t7-,8-/m0/s1. The van der Waals surface area contributed by atoms with E-state index in [1.54, 1.807) is 0 Å². The molecule has 0 aliphatic carbocycles. The third kappa shape index (κ3) is 4.42. The number of hydrogen-bond acceptors (Lipinski definition) is 5. The Hall–Kier alpha value is -2.16. The van der Waals surface area contributed by atoms with Gasteiger partial charge in [-0.25, -0.2) is 9.59 Å². The lowest BCUT2D eigenvalue weighted by Gasteiger charge is -2.32. The van der Waals surface area contributed by atoms with Crippen LogP contribution in [0.15, 0.2) is 0 Å². The van der Waals surface area contributed by atoms with Gasteiger partial charge >= 0.3 is 23.8 Å². The number of hydrogen-bond donors (Lipinski definition) is 4. The van der Waals surface area contributed by atoms with Crippen LogP contribution in [-0.2, 0) is 19.2 Å². The summed E-state index contributed by atoms with van der Waals surface area (Å²) in [6.45, 7) is -0.326. The molecule has 0 saturated carbocycles. The molecule has 0 bridgehead atoms. The Morgan fingerprint density at radius 1 is 1.19 bits per heavy atom. The predicted octanol–water partition coefficient (Wildman–Crippen LogP) is -1.60. The number of carboxylic acids is 2. The zero-order valence-electron chi connectivity index (χ0n) is 11.3. The number of carboxylic acid groups (broad SMARTS) is 2. The van der Waals surface area contributed by atoms with Crippen molar-refractivity contribution in [1.82, 2.24) is 10.2 Å². The van der Waals surface area contributed by atoms with Crippen LogP contribution in [0.3, 0.4) is 0 Å². The van der Waals surface area contributed by atoms with Gasteiger partial charge < -0.3 is 25.5 Å². The van der Waals surface area contributed by atoms with Gasteiger partial charge in [-0.3, -0.25) is 9.59 Å². The molecular formula is C12H18N2O7. The number of aliphatic hydroxyl groups is 1. The molecule has 118 valence electrons. The minimum atomic E-state index is -1.39. The van der Waals surface area contributed by atoms with E-state index in [0.29, 0.717) is 12.8 Å². The topological polar surface area (TPSA) is 144 Å². The average molecular weight is 302 g/mol. The first-order chi connectivity index (χ1) is 9.88. The number of piperidine rings is 1. The highest BCUT2D eigenvalue weighted by Gasteiger charge is 2.36. The average Bonchev–Trinajstić information content (AvgIpc) is 2.45. The molecule has 2 amide bonds. The Bertz CT molecular complexity index is 437. The SMILES string of the molecule is O=C(N[C@@H](CCO)C(=O)O)C(=O)N1CCCC[C@H]1C(=O)O. The van der Waals surface area contributed by atoms with Crippen LogP contribution in [-0.4, -0.2) is 69.2 Å². The van der Waals surface area contributed by atoms with Crippen molar-refractivity contribution in [3.05, 3.63) is 0 Å². The molecule has 4 N–H and O–H groups in total. The summed E-state index contributed by atoms with van der Waals surface area (Å²) in [5.41, 5.74) is 0. The molecule has 0 radical (unpaired) electrons. The van der Waals surface area contributed by atoms with Crippen molar-refractivity contribution in [2.75, 3.05) is 13.2 Å². The lowest BCUT2D eigenvalue weighted by Crippen LogP contribution is -2.55. The summed E-state index contributed by atoms with van der Waals surface area (Å²) in [6, 6.07) is -2.46. The van der Waals surface area contributed by atoms with Crippen molar-refractivity contribution < 1.29 is 34.5 Å². The van der Waals surface area contributed by atoms with Crippen LogP contribution in [0.4, 0.5) is 0 Å². The number of amides is 2. The first-order valence-electron chi connectivity index (χ1n) is 6.56. The molecule has 0 spiro atoms. The van der Waals surface area contributed by atoms with Gasteiger partial charge in [0.1, 0.15) is 12.1 Å². The fourth-order valence-electron chi connectivity index (χ4n) is 2.17. The fraction of sp³-hybridized carbons (Fsp3) is 0.667. The molecular weight excluding hydrogens is 284 g/mol. The largest absolute Gasteiger partial charge is 0.480 e. The van der Waals surface area contributed by atoms with Crippen molar-refractivity contribution in [2.45, 2.75) is 37.8 Å². The van der Waals surface area contributed by atoms with E-state index in [9.17, 15) is 19.2 Å². The summed E-state index contributed by atoms with van der Waals surface area (Å²) in [6.07, 6.45) is 1.25. The first-order valence-corrected chi connectivity index (χ1v) is 6.56. The van der Waals surface area contributed by atoms with E-state index in [1.165, 1.54) is 0 Å². The smallest absolute Gasteiger partial charge is 0.326 e. The van der Waals surface area contributed by atoms with Crippen LogP contribution >= 0.6 is 0 Å². The molecule has 1 heterocycles. The lowest BCUT2D eigenvalue weighted by atomic mass is 10.0. The third-order valence-corrected chi connectivity index (χ3v) is 3.26. The monoisotopic (exact) mass is 302 g/mol. The maximum absolute atomic E-state index is 12.0. The molecule has 9 heteroatoms. The number of rotatable bonds is 5. The highest BCUT2D eigenvalue weighted by Crippen LogP contribution is 2.17. The second-order valence-electron chi connectivity index (χ2n) is 4.72. The molecule has 1 aliphatic heterocycles. The van der Waals surface area contributed by atoms with Crippen LogP contribution in [0, 0.1) is 0 Å². The number of carbonyl (C=O) groups is 4. The zero-order valence-corrected chi connectivity index (χ0v) is 11.3. The summed E-state index contributed by atoms with van der Waals surface area (Å²) in [5.74, 6) is -4.81. The van der Waals surface area contributed by atoms with Gasteiger partial charge in [0, 0.05) is 19.6 Å². The predicted molar refractivity (Wildman–Crippen MR) is 68.3 cm³/mol. The van der Waals surface area contributed by atoms with Gasteiger partial charge in [0.25, 0.3) is 0 Å². The Morgan fingerprint density at radius 2 is 1.86 bits per heavy atom. The Kier molecular flexibility index (Phi) is 6.10. The number of likely N-dealkylation sites (tertiary alicyclic amines) is 1. The van der Waals surface area contributed by atoms with Crippen LogP contribution < -0.4 is 5.32 Å². The molecule has 1 aliphatic rings. The number of aliphatic hydroxyl groups excluding tert-OH is 1. The third-order valence-electron chi connectivity index (χ3n) is 3.26. The molecule has 1 rings (SSSR count). The van der Waals surface area contributed by atoms with Crippen molar-refractivity contribution in [3.63, 3.8) is 0 Å². The molecule has 0 aromatic heterocycles. The number of nitrogens with zero attached hydrogens (tertiary/aromatic N) is 1. The Balaban J connectivity index is 2.73. The van der Waals surface area contributed by atoms with E-state index in [1.807, 2.05) is 5.32 Å². The molecule has 0 aromatic rings. The van der Waals surface area contributed by atoms with Gasteiger partial charge in [-0.1, -0.05) is 0 Å². The molecule has 1 fully saturated rings. The fourth-order valence-corrected chi connectivity index (χ4v) is 2.17. The Morgan fingerprint density at radius 3 is 2.38 bits per heavy atom. The summed E-state index contributed by atoms with van der Waals surface area (Å²) in [5, 5.41) is 28.6. The number of carbonyl (C=O) groups excluding carboxylic acids is 2. The maximum atomic E-state index is 12.0. The molecule has 0 unspecified atom stereocenters. The minimum absolute atomic E-state index is 0.140. The molecule has 2 atom stereocenters. The normalized spacial score (nSPS) is 19.7. The molecule has 21 heavy (non-hydrogen) atoms. The van der Waals surface area contributed by atoms with Crippen molar-refractivity contribution in [1.29, 1.82) is 0 Å². The van der Waals surface area contributed by atoms with Crippen LogP contribution in [0.5, 0.6) is 0 Å². The lowest BCUT2D eigenvalue weighted by molar-refractivity contribution is -0.157. The molecule has 1 saturated heterocycles. The van der Waals surface area contributed by atoms with E-state index in [0.717, 1.165) is 4.90 Å². The van der Waals surface area contributed by atoms with Crippen LogP contribution in [0.1, 0.15) is 25.7 Å². The van der Waals surface area contributed by atoms with Gasteiger partial charge in [0.2, 0.25) is 0 Å². The number of nitrogens with one attached hydrogen (secondary N) is 1. The van der Waals surface area contributed by atoms with Crippen molar-refractivity contribution in [2.24, 2.45) is 0 Å². The van der Waals surface area contributed by atoms with E-state index in [-0.39, 0.29) is 19.4 Å². The van der Waals surface area contributed by atoms with Gasteiger partial charge in [0.15, 0.2) is 0 Å². The quantitative estimate of drug-likeness (QED) is 0.448. The summed E-state index contributed by atoms with van der Waals surface area (Å²) >= 11 is 0.